The van der Waals surface area contributed by atoms with Crippen molar-refractivity contribution in [2.24, 2.45) is 11.5 Å². The first-order valence-corrected chi connectivity index (χ1v) is 14.9. The Labute approximate surface area is 198 Å². The number of thioether (sulfide) groups is 1. The van der Waals surface area contributed by atoms with Crippen molar-refractivity contribution in [2.45, 2.75) is 37.1 Å². The van der Waals surface area contributed by atoms with Gasteiger partial charge < -0.3 is 21.1 Å². The van der Waals surface area contributed by atoms with Gasteiger partial charge in [0.25, 0.3) is 10.1 Å². The maximum atomic E-state index is 12.8. The van der Waals surface area contributed by atoms with E-state index < -0.39 is 29.8 Å². The second-order valence-electron chi connectivity index (χ2n) is 6.48. The molecule has 0 spiro atoms. The molecule has 0 aromatic carbocycles. The van der Waals surface area contributed by atoms with E-state index in [-0.39, 0.29) is 16.9 Å². The van der Waals surface area contributed by atoms with Crippen molar-refractivity contribution in [2.75, 3.05) is 49.5 Å². The van der Waals surface area contributed by atoms with Gasteiger partial charge in [0, 0.05) is 30.6 Å². The van der Waals surface area contributed by atoms with Gasteiger partial charge in [-0.25, -0.2) is 9.76 Å². The number of unbranched alkanes of at least 4 members (excludes halogenated alkanes) is 1. The molecule has 16 heteroatoms. The van der Waals surface area contributed by atoms with E-state index in [1.54, 1.807) is 4.67 Å². The van der Waals surface area contributed by atoms with Gasteiger partial charge in [-0.15, -0.1) is 35.0 Å². The molecule has 0 aromatic rings. The van der Waals surface area contributed by atoms with Crippen LogP contribution in [-0.4, -0.2) is 89.6 Å². The number of carboxylic acids is 1. The van der Waals surface area contributed by atoms with Crippen LogP contribution >= 0.6 is 42.6 Å². The van der Waals surface area contributed by atoms with Gasteiger partial charge >= 0.3 is 13.6 Å². The molecule has 0 radical (unpaired) electrons. The molecular formula is C15H33Cl2N4O7PS2. The molecule has 0 saturated carbocycles. The van der Waals surface area contributed by atoms with Gasteiger partial charge in [-0.1, -0.05) is 6.42 Å². The van der Waals surface area contributed by atoms with E-state index in [2.05, 4.69) is 5.09 Å². The zero-order chi connectivity index (χ0) is 23.9. The Hall–Kier alpha value is 0.340. The molecular weight excluding hydrogens is 514 g/mol. The summed E-state index contributed by atoms with van der Waals surface area (Å²) in [6.45, 7) is 1.66. The fourth-order valence-electron chi connectivity index (χ4n) is 2.35. The summed E-state index contributed by atoms with van der Waals surface area (Å²) in [6.07, 6.45) is 2.76. The zero-order valence-electron chi connectivity index (χ0n) is 17.2. The molecule has 0 amide bonds. The van der Waals surface area contributed by atoms with E-state index in [4.69, 9.17) is 48.9 Å². The lowest BCUT2D eigenvalue weighted by atomic mass is 10.1. The molecule has 0 aromatic heterocycles. The third-order valence-corrected chi connectivity index (χ3v) is 8.96. The summed E-state index contributed by atoms with van der Waals surface area (Å²) in [5.41, 5.74) is 10.4. The van der Waals surface area contributed by atoms with Crippen LogP contribution in [0.25, 0.3) is 0 Å². The topological polar surface area (TPSA) is 185 Å². The number of hydrogen-bond acceptors (Lipinski definition) is 8. The Kier molecular flexibility index (Phi) is 17.1. The summed E-state index contributed by atoms with van der Waals surface area (Å²) in [5.74, 6) is -0.466. The van der Waals surface area contributed by atoms with E-state index in [0.717, 1.165) is 12.8 Å². The normalized spacial score (nSPS) is 22.6. The average molecular weight is 547 g/mol. The number of nitrogens with zero attached hydrogens (tertiary/aromatic N) is 1. The summed E-state index contributed by atoms with van der Waals surface area (Å²) in [4.78, 5) is 10.1. The van der Waals surface area contributed by atoms with Gasteiger partial charge in [-0.3, -0.25) is 13.9 Å². The van der Waals surface area contributed by atoms with Crippen molar-refractivity contribution < 1.29 is 32.0 Å². The highest BCUT2D eigenvalue weighted by molar-refractivity contribution is 8.01. The van der Waals surface area contributed by atoms with E-state index in [9.17, 15) is 17.8 Å². The molecule has 186 valence electrons. The van der Waals surface area contributed by atoms with Crippen LogP contribution in [0.1, 0.15) is 25.7 Å². The van der Waals surface area contributed by atoms with Gasteiger partial charge in [0.15, 0.2) is 0 Å². The monoisotopic (exact) mass is 546 g/mol. The SMILES string of the molecule is NCCCC[C@@H](N)C(=O)O.O=P1(N(CCCl)CCCl)N[C@H](SCCS(=O)(=O)O)CCO1. The number of carbonyl (C=O) groups is 1. The van der Waals surface area contributed by atoms with Crippen LogP contribution in [0.4, 0.5) is 0 Å². The Morgan fingerprint density at radius 2 is 1.94 bits per heavy atom. The van der Waals surface area contributed by atoms with Crippen LogP contribution in [0.3, 0.4) is 0 Å². The fourth-order valence-corrected chi connectivity index (χ4v) is 7.44. The van der Waals surface area contributed by atoms with Crippen LogP contribution in [0.2, 0.25) is 0 Å². The third-order valence-electron chi connectivity index (χ3n) is 3.96. The van der Waals surface area contributed by atoms with E-state index in [1.165, 1.54) is 11.8 Å². The predicted molar refractivity (Wildman–Crippen MR) is 126 cm³/mol. The molecule has 7 N–H and O–H groups in total. The summed E-state index contributed by atoms with van der Waals surface area (Å²) in [6, 6.07) is -0.716. The minimum absolute atomic E-state index is 0.209. The highest BCUT2D eigenvalue weighted by atomic mass is 35.5. The second kappa shape index (κ2) is 16.9. The summed E-state index contributed by atoms with van der Waals surface area (Å²) in [5, 5.41) is 11.0. The van der Waals surface area contributed by atoms with Crippen LogP contribution in [-0.2, 0) is 24.0 Å². The third kappa shape index (κ3) is 15.0. The zero-order valence-corrected chi connectivity index (χ0v) is 21.2. The second-order valence-corrected chi connectivity index (χ2v) is 12.2. The lowest BCUT2D eigenvalue weighted by molar-refractivity contribution is -0.138. The number of nitrogens with two attached hydrogens (primary N) is 2. The number of carboxylic acid groups (broad SMARTS) is 1. The summed E-state index contributed by atoms with van der Waals surface area (Å²) in [7, 11) is -7.19. The Balaban J connectivity index is 0.000000759. The molecule has 11 nitrogen and oxygen atoms in total. The molecule has 1 heterocycles. The first-order chi connectivity index (χ1) is 14.5. The van der Waals surface area contributed by atoms with Crippen molar-refractivity contribution in [1.82, 2.24) is 9.76 Å². The van der Waals surface area contributed by atoms with Gasteiger partial charge in [0.1, 0.15) is 6.04 Å². The molecule has 0 aliphatic carbocycles. The first kappa shape index (κ1) is 31.3. The largest absolute Gasteiger partial charge is 0.480 e. The molecule has 0 bridgehead atoms. The Morgan fingerprint density at radius 1 is 1.32 bits per heavy atom. The molecule has 1 rings (SSSR count). The first-order valence-electron chi connectivity index (χ1n) is 9.64. The Bertz CT molecular complexity index is 657. The van der Waals surface area contributed by atoms with Gasteiger partial charge in [0.2, 0.25) is 0 Å². The Morgan fingerprint density at radius 3 is 2.42 bits per heavy atom. The minimum atomic E-state index is -3.98. The highest BCUT2D eigenvalue weighted by Gasteiger charge is 2.37. The van der Waals surface area contributed by atoms with E-state index in [1.807, 2.05) is 0 Å². The minimum Gasteiger partial charge on any atom is -0.480 e. The van der Waals surface area contributed by atoms with Crippen molar-refractivity contribution in [3.05, 3.63) is 0 Å². The van der Waals surface area contributed by atoms with Gasteiger partial charge in [0.05, 0.1) is 17.7 Å². The van der Waals surface area contributed by atoms with Crippen molar-refractivity contribution in [1.29, 1.82) is 0 Å². The standard InChI is InChI=1S/C9H19Cl2N2O5PS2.C6H14N2O2/c10-2-4-13(5-3-11)19(14)12-9(1-6-18-19)20-7-8-21(15,16)17;7-4-2-1-3-5(8)6(9)10/h9H,1-8H2,(H,12,14)(H,15,16,17);5H,1-4,7-8H2,(H,9,10)/t9-,19?;5-/m11/s1. The lowest BCUT2D eigenvalue weighted by Gasteiger charge is -2.36. The smallest absolute Gasteiger partial charge is 0.344 e. The molecule has 3 atom stereocenters. The lowest BCUT2D eigenvalue weighted by Crippen LogP contribution is -2.40. The molecule has 31 heavy (non-hydrogen) atoms. The van der Waals surface area contributed by atoms with E-state index >= 15 is 0 Å². The van der Waals surface area contributed by atoms with Crippen molar-refractivity contribution in [3.8, 4) is 0 Å². The highest BCUT2D eigenvalue weighted by Crippen LogP contribution is 2.50. The van der Waals surface area contributed by atoms with Crippen LogP contribution < -0.4 is 16.6 Å². The maximum Gasteiger partial charge on any atom is 0.344 e. The number of halogens is 2. The predicted octanol–water partition coefficient (Wildman–Crippen LogP) is 1.36. The number of hydrogen-bond donors (Lipinski definition) is 5. The number of aliphatic carboxylic acids is 1. The summed E-state index contributed by atoms with van der Waals surface area (Å²) < 4.78 is 49.8. The fraction of sp³-hybridized carbons (Fsp3) is 0.933. The van der Waals surface area contributed by atoms with Crippen molar-refractivity contribution in [3.63, 3.8) is 0 Å². The molecule has 1 fully saturated rings. The van der Waals surface area contributed by atoms with Crippen LogP contribution in [0.15, 0.2) is 0 Å². The van der Waals surface area contributed by atoms with Gasteiger partial charge in [-0.05, 0) is 25.8 Å². The number of nitrogens with one attached hydrogen (secondary N) is 1. The van der Waals surface area contributed by atoms with Crippen molar-refractivity contribution >= 4 is 58.7 Å². The molecule has 1 unspecified atom stereocenters. The number of rotatable bonds is 14. The molecule has 1 aliphatic heterocycles. The maximum absolute atomic E-state index is 12.8. The van der Waals surface area contributed by atoms with E-state index in [0.29, 0.717) is 50.8 Å². The average Bonchev–Trinajstić information content (AvgIpc) is 2.67. The summed E-state index contributed by atoms with van der Waals surface area (Å²) >= 11 is 12.7. The van der Waals surface area contributed by atoms with Crippen LogP contribution in [0, 0.1) is 0 Å². The van der Waals surface area contributed by atoms with Gasteiger partial charge in [-0.2, -0.15) is 8.42 Å². The van der Waals surface area contributed by atoms with Crippen LogP contribution in [0.5, 0.6) is 0 Å². The molecule has 1 aliphatic rings. The number of alkyl halides is 2. The molecule has 1 saturated heterocycles. The quantitative estimate of drug-likeness (QED) is 0.0912.